The molecule has 0 radical (unpaired) electrons. The summed E-state index contributed by atoms with van der Waals surface area (Å²) in [5.41, 5.74) is 3.70. The van der Waals surface area contributed by atoms with Gasteiger partial charge in [-0.05, 0) is 37.1 Å². The number of rotatable bonds is 4. The topological polar surface area (TPSA) is 119 Å². The first-order valence-electron chi connectivity index (χ1n) is 11.4. The summed E-state index contributed by atoms with van der Waals surface area (Å²) in [6, 6.07) is 9.11. The molecular weight excluding hydrogens is 434 g/mol. The van der Waals surface area contributed by atoms with E-state index < -0.39 is 0 Å². The van der Waals surface area contributed by atoms with Crippen molar-refractivity contribution in [3.63, 3.8) is 0 Å². The second kappa shape index (κ2) is 8.23. The molecule has 5 heterocycles. The van der Waals surface area contributed by atoms with Crippen molar-refractivity contribution in [2.24, 2.45) is 0 Å². The first-order chi connectivity index (χ1) is 16.6. The van der Waals surface area contributed by atoms with Gasteiger partial charge in [0.15, 0.2) is 5.82 Å². The number of benzene rings is 1. The number of carbonyl (C=O) groups is 1. The van der Waals surface area contributed by atoms with Crippen LogP contribution in [-0.4, -0.2) is 44.0 Å². The smallest absolute Gasteiger partial charge is 0.331 e. The number of H-pyrrole nitrogens is 1. The van der Waals surface area contributed by atoms with Crippen LogP contribution in [0.25, 0.3) is 10.9 Å². The van der Waals surface area contributed by atoms with Crippen LogP contribution in [0.4, 0.5) is 10.6 Å². The molecule has 1 saturated heterocycles. The Labute approximate surface area is 195 Å². The number of fused-ring (bicyclic) bond motifs is 2. The van der Waals surface area contributed by atoms with E-state index >= 15 is 0 Å². The fourth-order valence-corrected chi connectivity index (χ4v) is 4.58. The lowest BCUT2D eigenvalue weighted by atomic mass is 9.79. The molecule has 0 unspecified atom stereocenters. The third-order valence-electron chi connectivity index (χ3n) is 6.74. The molecule has 2 aliphatic rings. The molecule has 0 spiro atoms. The number of aromatic amines is 1. The highest BCUT2D eigenvalue weighted by Crippen LogP contribution is 2.34. The number of amides is 1. The maximum absolute atomic E-state index is 13.0. The third-order valence-corrected chi connectivity index (χ3v) is 6.74. The summed E-state index contributed by atoms with van der Waals surface area (Å²) in [7, 11) is 0. The quantitative estimate of drug-likeness (QED) is 0.426. The van der Waals surface area contributed by atoms with Crippen LogP contribution >= 0.6 is 0 Å². The molecule has 0 aliphatic carbocycles. The van der Waals surface area contributed by atoms with Crippen molar-refractivity contribution in [3.05, 3.63) is 59.8 Å². The van der Waals surface area contributed by atoms with E-state index in [-0.39, 0.29) is 11.4 Å². The Morgan fingerprint density at radius 1 is 1.18 bits per heavy atom. The molecule has 0 bridgehead atoms. The molecule has 1 amide bonds. The molecule has 1 fully saturated rings. The van der Waals surface area contributed by atoms with E-state index in [1.807, 2.05) is 30.3 Å². The molecule has 4 aromatic rings. The van der Waals surface area contributed by atoms with Crippen LogP contribution in [0.2, 0.25) is 0 Å². The highest BCUT2D eigenvalue weighted by Gasteiger charge is 2.31. The number of hydrogen-bond donors (Lipinski definition) is 3. The maximum Gasteiger partial charge on any atom is 0.331 e. The number of hydrogen-bond acceptors (Lipinski definition) is 7. The average molecular weight is 460 g/mol. The minimum Gasteiger partial charge on any atom is -0.439 e. The summed E-state index contributed by atoms with van der Waals surface area (Å²) in [5.74, 6) is 1.71. The van der Waals surface area contributed by atoms with Gasteiger partial charge in [0.2, 0.25) is 5.88 Å². The van der Waals surface area contributed by atoms with Gasteiger partial charge in [-0.2, -0.15) is 5.10 Å². The summed E-state index contributed by atoms with van der Waals surface area (Å²) in [5, 5.41) is 14.4. The fraction of sp³-hybridized carbons (Fsp3) is 0.333. The van der Waals surface area contributed by atoms with E-state index in [0.29, 0.717) is 24.0 Å². The molecule has 34 heavy (non-hydrogen) atoms. The molecule has 10 nitrogen and oxygen atoms in total. The van der Waals surface area contributed by atoms with Crippen LogP contribution in [0.15, 0.2) is 42.9 Å². The normalized spacial score (nSPS) is 17.0. The minimum absolute atomic E-state index is 0.0232. The molecule has 2 aliphatic heterocycles. The number of nitrogens with zero attached hydrogens (tertiary/aromatic N) is 4. The number of carbonyl (C=O) groups excluding carboxylic acids is 1. The molecule has 3 aromatic heterocycles. The first kappa shape index (κ1) is 20.8. The zero-order valence-corrected chi connectivity index (χ0v) is 18.8. The molecule has 6 rings (SSSR count). The Bertz CT molecular complexity index is 1370. The standard InChI is InChI=1S/C24H25N7O3/c1-24(5-8-33-9-6-24)20-11-21(30-29-20)28-23(32)31-7-4-15-10-16(2-3-19(15)31)34-22-17-12-25-13-18(17)26-14-27-22/h2-4,7,10-11,14,25H,5-6,8-9,12-13H2,1H3,(H2,28,29,30,32). The van der Waals surface area contributed by atoms with Crippen LogP contribution in [0.3, 0.4) is 0 Å². The summed E-state index contributed by atoms with van der Waals surface area (Å²) in [6.07, 6.45) is 5.10. The second-order valence-corrected chi connectivity index (χ2v) is 8.99. The van der Waals surface area contributed by atoms with Crippen molar-refractivity contribution < 1.29 is 14.3 Å². The summed E-state index contributed by atoms with van der Waals surface area (Å²) < 4.78 is 13.1. The number of aromatic nitrogens is 5. The van der Waals surface area contributed by atoms with E-state index in [1.165, 1.54) is 6.33 Å². The number of anilines is 1. The Morgan fingerprint density at radius 2 is 2.06 bits per heavy atom. The third kappa shape index (κ3) is 3.70. The van der Waals surface area contributed by atoms with Crippen LogP contribution in [0.5, 0.6) is 11.6 Å². The van der Waals surface area contributed by atoms with Crippen molar-refractivity contribution in [2.75, 3.05) is 18.5 Å². The fourth-order valence-electron chi connectivity index (χ4n) is 4.58. The molecule has 1 aromatic carbocycles. The molecule has 3 N–H and O–H groups in total. The average Bonchev–Trinajstić information content (AvgIpc) is 3.59. The summed E-state index contributed by atoms with van der Waals surface area (Å²) in [6.45, 7) is 5.06. The van der Waals surface area contributed by atoms with Crippen LogP contribution in [-0.2, 0) is 23.2 Å². The van der Waals surface area contributed by atoms with Gasteiger partial charge in [0.1, 0.15) is 12.1 Å². The maximum atomic E-state index is 13.0. The van der Waals surface area contributed by atoms with Gasteiger partial charge in [0.25, 0.3) is 0 Å². The SMILES string of the molecule is CC1(c2cc(NC(=O)n3ccc4cc(Oc5ncnc6c5CNC6)ccc43)n[nH]2)CCOCC1. The second-order valence-electron chi connectivity index (χ2n) is 8.99. The van der Waals surface area contributed by atoms with Crippen molar-refractivity contribution in [1.82, 2.24) is 30.0 Å². The van der Waals surface area contributed by atoms with Gasteiger partial charge < -0.3 is 14.8 Å². The van der Waals surface area contributed by atoms with E-state index in [0.717, 1.165) is 60.5 Å². The Hall–Kier alpha value is -3.76. The predicted molar refractivity (Wildman–Crippen MR) is 125 cm³/mol. The molecule has 174 valence electrons. The van der Waals surface area contributed by atoms with E-state index in [9.17, 15) is 4.79 Å². The predicted octanol–water partition coefficient (Wildman–Crippen LogP) is 3.70. The van der Waals surface area contributed by atoms with Gasteiger partial charge in [-0.1, -0.05) is 6.92 Å². The molecule has 0 atom stereocenters. The van der Waals surface area contributed by atoms with Crippen LogP contribution < -0.4 is 15.4 Å². The van der Waals surface area contributed by atoms with Crippen molar-refractivity contribution >= 4 is 22.8 Å². The molecule has 10 heteroatoms. The first-order valence-corrected chi connectivity index (χ1v) is 11.4. The summed E-state index contributed by atoms with van der Waals surface area (Å²) >= 11 is 0. The van der Waals surface area contributed by atoms with Crippen molar-refractivity contribution in [3.8, 4) is 11.6 Å². The Kier molecular flexibility index (Phi) is 5.04. The minimum atomic E-state index is -0.279. The van der Waals surface area contributed by atoms with Gasteiger partial charge in [-0.3, -0.25) is 15.0 Å². The lowest BCUT2D eigenvalue weighted by Crippen LogP contribution is -2.30. The molecular formula is C24H25N7O3. The van der Waals surface area contributed by atoms with Crippen LogP contribution in [0.1, 0.15) is 36.7 Å². The highest BCUT2D eigenvalue weighted by molar-refractivity contribution is 5.98. The van der Waals surface area contributed by atoms with Crippen molar-refractivity contribution in [1.29, 1.82) is 0 Å². The van der Waals surface area contributed by atoms with Gasteiger partial charge in [-0.25, -0.2) is 14.8 Å². The van der Waals surface area contributed by atoms with Gasteiger partial charge >= 0.3 is 6.03 Å². The largest absolute Gasteiger partial charge is 0.439 e. The monoisotopic (exact) mass is 459 g/mol. The van der Waals surface area contributed by atoms with Crippen LogP contribution in [0, 0.1) is 0 Å². The zero-order chi connectivity index (χ0) is 23.1. The Balaban J connectivity index is 1.19. The zero-order valence-electron chi connectivity index (χ0n) is 18.8. The van der Waals surface area contributed by atoms with Gasteiger partial charge in [0.05, 0.1) is 16.8 Å². The lowest BCUT2D eigenvalue weighted by molar-refractivity contribution is 0.0550. The van der Waals surface area contributed by atoms with Gasteiger partial charge in [-0.15, -0.1) is 0 Å². The summed E-state index contributed by atoms with van der Waals surface area (Å²) in [4.78, 5) is 21.6. The van der Waals surface area contributed by atoms with Gasteiger partial charge in [0, 0.05) is 55.1 Å². The van der Waals surface area contributed by atoms with E-state index in [1.54, 1.807) is 10.8 Å². The molecule has 0 saturated carbocycles. The highest BCUT2D eigenvalue weighted by atomic mass is 16.5. The Morgan fingerprint density at radius 3 is 2.94 bits per heavy atom. The number of nitrogens with one attached hydrogen (secondary N) is 3. The van der Waals surface area contributed by atoms with E-state index in [2.05, 4.69) is 37.7 Å². The van der Waals surface area contributed by atoms with Crippen molar-refractivity contribution in [2.45, 2.75) is 38.3 Å². The van der Waals surface area contributed by atoms with E-state index in [4.69, 9.17) is 9.47 Å². The lowest BCUT2D eigenvalue weighted by Gasteiger charge is -2.32. The number of ether oxygens (including phenoxy) is 2.